The van der Waals surface area contributed by atoms with Crippen LogP contribution in [0.4, 0.5) is 0 Å². The van der Waals surface area contributed by atoms with Gasteiger partial charge in [-0.2, -0.15) is 0 Å². The summed E-state index contributed by atoms with van der Waals surface area (Å²) in [7, 11) is 0. The van der Waals surface area contributed by atoms with Crippen LogP contribution < -0.4 is 0 Å². The van der Waals surface area contributed by atoms with Crippen LogP contribution in [0, 0.1) is 11.3 Å². The van der Waals surface area contributed by atoms with E-state index in [0.717, 1.165) is 12.3 Å². The largest absolute Gasteiger partial charge is 0.463 e. The Morgan fingerprint density at radius 3 is 2.38 bits per heavy atom. The van der Waals surface area contributed by atoms with Crippen LogP contribution in [0.3, 0.4) is 0 Å². The minimum Gasteiger partial charge on any atom is -0.463 e. The minimum absolute atomic E-state index is 0.0504. The standard InChI is InChI=1S/C14H26O2/c1-11(16-12(2)15)10-14(3,4)13-8-6-5-7-9-13/h11,13H,5-10H2,1-4H3. The van der Waals surface area contributed by atoms with Crippen molar-refractivity contribution in [3.05, 3.63) is 0 Å². The van der Waals surface area contributed by atoms with Crippen molar-refractivity contribution < 1.29 is 9.53 Å². The quantitative estimate of drug-likeness (QED) is 0.679. The highest BCUT2D eigenvalue weighted by Crippen LogP contribution is 2.41. The fraction of sp³-hybridized carbons (Fsp3) is 0.929. The third kappa shape index (κ3) is 4.15. The van der Waals surface area contributed by atoms with E-state index in [1.807, 2.05) is 6.92 Å². The first-order chi connectivity index (χ1) is 7.42. The summed E-state index contributed by atoms with van der Waals surface area (Å²) in [6.45, 7) is 8.14. The minimum atomic E-state index is -0.160. The molecule has 1 atom stereocenters. The van der Waals surface area contributed by atoms with Crippen LogP contribution in [0.5, 0.6) is 0 Å². The van der Waals surface area contributed by atoms with Gasteiger partial charge < -0.3 is 4.74 Å². The monoisotopic (exact) mass is 226 g/mol. The van der Waals surface area contributed by atoms with Gasteiger partial charge in [-0.05, 0) is 37.5 Å². The summed E-state index contributed by atoms with van der Waals surface area (Å²) in [4.78, 5) is 10.9. The number of hydrogen-bond donors (Lipinski definition) is 0. The molecule has 0 aromatic heterocycles. The molecule has 2 heteroatoms. The molecule has 1 unspecified atom stereocenters. The van der Waals surface area contributed by atoms with Gasteiger partial charge in [0.25, 0.3) is 0 Å². The average Bonchev–Trinajstić information content (AvgIpc) is 2.16. The lowest BCUT2D eigenvalue weighted by Gasteiger charge is -2.38. The van der Waals surface area contributed by atoms with Crippen LogP contribution in [-0.2, 0) is 9.53 Å². The van der Waals surface area contributed by atoms with Crippen molar-refractivity contribution in [2.45, 2.75) is 72.3 Å². The van der Waals surface area contributed by atoms with Crippen LogP contribution in [0.25, 0.3) is 0 Å². The van der Waals surface area contributed by atoms with Crippen LogP contribution in [-0.4, -0.2) is 12.1 Å². The van der Waals surface area contributed by atoms with Gasteiger partial charge in [0.2, 0.25) is 0 Å². The Balaban J connectivity index is 2.45. The van der Waals surface area contributed by atoms with Gasteiger partial charge in [-0.25, -0.2) is 0 Å². The van der Waals surface area contributed by atoms with E-state index in [1.165, 1.54) is 39.0 Å². The molecular formula is C14H26O2. The molecule has 0 amide bonds. The van der Waals surface area contributed by atoms with E-state index >= 15 is 0 Å². The second kappa shape index (κ2) is 5.70. The molecule has 2 nitrogen and oxygen atoms in total. The van der Waals surface area contributed by atoms with Gasteiger partial charge in [-0.3, -0.25) is 4.79 Å². The smallest absolute Gasteiger partial charge is 0.302 e. The molecule has 16 heavy (non-hydrogen) atoms. The third-order valence-electron chi connectivity index (χ3n) is 3.89. The summed E-state index contributed by atoms with van der Waals surface area (Å²) >= 11 is 0. The number of esters is 1. The molecule has 1 rings (SSSR count). The Hall–Kier alpha value is -0.530. The SMILES string of the molecule is CC(=O)OC(C)CC(C)(C)C1CCCCC1. The molecule has 0 bridgehead atoms. The second-order valence-corrected chi connectivity index (χ2v) is 5.95. The first kappa shape index (κ1) is 13.5. The van der Waals surface area contributed by atoms with E-state index in [-0.39, 0.29) is 12.1 Å². The number of carbonyl (C=O) groups excluding carboxylic acids is 1. The number of ether oxygens (including phenoxy) is 1. The van der Waals surface area contributed by atoms with Crippen molar-refractivity contribution in [1.82, 2.24) is 0 Å². The Labute approximate surface area is 99.8 Å². The summed E-state index contributed by atoms with van der Waals surface area (Å²) in [5.74, 6) is 0.645. The molecule has 1 fully saturated rings. The molecule has 1 aliphatic rings. The summed E-state index contributed by atoms with van der Waals surface area (Å²) in [6, 6.07) is 0. The van der Waals surface area contributed by atoms with Crippen LogP contribution in [0.1, 0.15) is 66.2 Å². The van der Waals surface area contributed by atoms with Crippen molar-refractivity contribution in [1.29, 1.82) is 0 Å². The maximum atomic E-state index is 10.9. The summed E-state index contributed by atoms with van der Waals surface area (Å²) in [6.07, 6.45) is 7.86. The summed E-state index contributed by atoms with van der Waals surface area (Å²) < 4.78 is 5.24. The van der Waals surface area contributed by atoms with E-state index < -0.39 is 0 Å². The molecule has 1 aliphatic carbocycles. The normalized spacial score (nSPS) is 20.5. The summed E-state index contributed by atoms with van der Waals surface area (Å²) in [5.41, 5.74) is 0.301. The lowest BCUT2D eigenvalue weighted by atomic mass is 9.68. The predicted molar refractivity (Wildman–Crippen MR) is 66.2 cm³/mol. The first-order valence-corrected chi connectivity index (χ1v) is 6.59. The van der Waals surface area contributed by atoms with Crippen molar-refractivity contribution in [3.63, 3.8) is 0 Å². The fourth-order valence-corrected chi connectivity index (χ4v) is 3.12. The van der Waals surface area contributed by atoms with E-state index in [0.29, 0.717) is 5.41 Å². The molecule has 0 aliphatic heterocycles. The highest BCUT2D eigenvalue weighted by molar-refractivity contribution is 5.66. The fourth-order valence-electron chi connectivity index (χ4n) is 3.12. The van der Waals surface area contributed by atoms with Gasteiger partial charge in [-0.1, -0.05) is 33.1 Å². The molecule has 0 aromatic rings. The van der Waals surface area contributed by atoms with Gasteiger partial charge in [0, 0.05) is 6.92 Å². The molecule has 0 radical (unpaired) electrons. The lowest BCUT2D eigenvalue weighted by Crippen LogP contribution is -2.31. The molecule has 0 spiro atoms. The van der Waals surface area contributed by atoms with E-state index in [9.17, 15) is 4.79 Å². The Morgan fingerprint density at radius 1 is 1.31 bits per heavy atom. The van der Waals surface area contributed by atoms with Crippen LogP contribution in [0.15, 0.2) is 0 Å². The maximum Gasteiger partial charge on any atom is 0.302 e. The number of carbonyl (C=O) groups is 1. The van der Waals surface area contributed by atoms with E-state index in [2.05, 4.69) is 13.8 Å². The molecule has 0 aromatic carbocycles. The van der Waals surface area contributed by atoms with E-state index in [4.69, 9.17) is 4.74 Å². The zero-order valence-corrected chi connectivity index (χ0v) is 11.2. The summed E-state index contributed by atoms with van der Waals surface area (Å²) in [5, 5.41) is 0. The van der Waals surface area contributed by atoms with Gasteiger partial charge in [0.05, 0.1) is 6.10 Å². The number of hydrogen-bond acceptors (Lipinski definition) is 2. The zero-order chi connectivity index (χ0) is 12.2. The van der Waals surface area contributed by atoms with Gasteiger partial charge in [0.15, 0.2) is 0 Å². The van der Waals surface area contributed by atoms with Gasteiger partial charge in [0.1, 0.15) is 0 Å². The Morgan fingerprint density at radius 2 is 1.88 bits per heavy atom. The second-order valence-electron chi connectivity index (χ2n) is 5.95. The van der Waals surface area contributed by atoms with Crippen molar-refractivity contribution in [2.75, 3.05) is 0 Å². The molecular weight excluding hydrogens is 200 g/mol. The van der Waals surface area contributed by atoms with Crippen molar-refractivity contribution >= 4 is 5.97 Å². The number of rotatable bonds is 4. The Bertz CT molecular complexity index is 227. The predicted octanol–water partition coefficient (Wildman–Crippen LogP) is 3.93. The molecule has 0 N–H and O–H groups in total. The zero-order valence-electron chi connectivity index (χ0n) is 11.2. The van der Waals surface area contributed by atoms with Crippen LogP contribution in [0.2, 0.25) is 0 Å². The average molecular weight is 226 g/mol. The molecule has 94 valence electrons. The Kier molecular flexibility index (Phi) is 4.82. The highest BCUT2D eigenvalue weighted by Gasteiger charge is 2.32. The van der Waals surface area contributed by atoms with Gasteiger partial charge in [-0.15, -0.1) is 0 Å². The maximum absolute atomic E-state index is 10.9. The first-order valence-electron chi connectivity index (χ1n) is 6.59. The van der Waals surface area contributed by atoms with Gasteiger partial charge >= 0.3 is 5.97 Å². The van der Waals surface area contributed by atoms with Crippen LogP contribution >= 0.6 is 0 Å². The third-order valence-corrected chi connectivity index (χ3v) is 3.89. The van der Waals surface area contributed by atoms with E-state index in [1.54, 1.807) is 0 Å². The topological polar surface area (TPSA) is 26.3 Å². The molecule has 0 heterocycles. The highest BCUT2D eigenvalue weighted by atomic mass is 16.5. The molecule has 0 saturated heterocycles. The van der Waals surface area contributed by atoms with Crippen molar-refractivity contribution in [2.24, 2.45) is 11.3 Å². The molecule has 1 saturated carbocycles. The lowest BCUT2D eigenvalue weighted by molar-refractivity contribution is -0.147. The van der Waals surface area contributed by atoms with Crippen molar-refractivity contribution in [3.8, 4) is 0 Å².